The molecule has 94 valence electrons. The van der Waals surface area contributed by atoms with Gasteiger partial charge in [0, 0.05) is 6.54 Å². The Bertz CT molecular complexity index is 491. The molecule has 0 heterocycles. The van der Waals surface area contributed by atoms with Crippen molar-refractivity contribution in [1.82, 2.24) is 5.32 Å². The minimum Gasteiger partial charge on any atom is -0.494 e. The Hall–Kier alpha value is -1.80. The summed E-state index contributed by atoms with van der Waals surface area (Å²) in [6.07, 6.45) is 0. The summed E-state index contributed by atoms with van der Waals surface area (Å²) in [5.41, 5.74) is 3.70. The van der Waals surface area contributed by atoms with Gasteiger partial charge in [-0.25, -0.2) is 0 Å². The molecule has 0 unspecified atom stereocenters. The molecule has 0 aliphatic rings. The van der Waals surface area contributed by atoms with Crippen LogP contribution in [-0.2, 0) is 6.54 Å². The van der Waals surface area contributed by atoms with E-state index in [1.807, 2.05) is 26.1 Å². The van der Waals surface area contributed by atoms with Gasteiger partial charge < -0.3 is 10.1 Å². The molecule has 0 bridgehead atoms. The Labute approximate surface area is 109 Å². The molecule has 0 spiro atoms. The molecule has 1 N–H and O–H groups in total. The van der Waals surface area contributed by atoms with Crippen molar-refractivity contribution in [1.29, 1.82) is 0 Å². The molecule has 2 aromatic rings. The van der Waals surface area contributed by atoms with Crippen LogP contribution in [0.2, 0.25) is 0 Å². The van der Waals surface area contributed by atoms with Crippen LogP contribution in [0, 0.1) is 0 Å². The van der Waals surface area contributed by atoms with Crippen LogP contribution in [0.15, 0.2) is 48.5 Å². The van der Waals surface area contributed by atoms with Gasteiger partial charge >= 0.3 is 0 Å². The molecule has 18 heavy (non-hydrogen) atoms. The number of hydrogen-bond acceptors (Lipinski definition) is 2. The zero-order valence-electron chi connectivity index (χ0n) is 10.9. The van der Waals surface area contributed by atoms with Gasteiger partial charge in [-0.3, -0.25) is 0 Å². The highest BCUT2D eigenvalue weighted by molar-refractivity contribution is 5.65. The van der Waals surface area contributed by atoms with Gasteiger partial charge in [0.25, 0.3) is 0 Å². The monoisotopic (exact) mass is 241 g/mol. The second kappa shape index (κ2) is 6.22. The van der Waals surface area contributed by atoms with Crippen molar-refractivity contribution in [2.24, 2.45) is 0 Å². The Balaban J connectivity index is 2.22. The standard InChI is InChI=1S/C16H19NO/c1-3-18-16-6-4-5-15(11-16)14-9-7-13(8-10-14)12-17-2/h4-11,17H,3,12H2,1-2H3. The van der Waals surface area contributed by atoms with E-state index in [0.717, 1.165) is 12.3 Å². The Kier molecular flexibility index (Phi) is 4.37. The average Bonchev–Trinajstić information content (AvgIpc) is 2.41. The lowest BCUT2D eigenvalue weighted by atomic mass is 10.0. The zero-order valence-corrected chi connectivity index (χ0v) is 10.9. The molecule has 0 aliphatic carbocycles. The van der Waals surface area contributed by atoms with Crippen molar-refractivity contribution >= 4 is 0 Å². The third kappa shape index (κ3) is 3.11. The fraction of sp³-hybridized carbons (Fsp3) is 0.250. The van der Waals surface area contributed by atoms with Crippen LogP contribution >= 0.6 is 0 Å². The van der Waals surface area contributed by atoms with Gasteiger partial charge in [-0.2, -0.15) is 0 Å². The van der Waals surface area contributed by atoms with E-state index < -0.39 is 0 Å². The molecule has 2 rings (SSSR count). The molecule has 2 aromatic carbocycles. The van der Waals surface area contributed by atoms with Crippen molar-refractivity contribution in [2.45, 2.75) is 13.5 Å². The maximum Gasteiger partial charge on any atom is 0.119 e. The summed E-state index contributed by atoms with van der Waals surface area (Å²) in [6.45, 7) is 3.60. The number of nitrogens with one attached hydrogen (secondary N) is 1. The van der Waals surface area contributed by atoms with Crippen molar-refractivity contribution in [3.63, 3.8) is 0 Å². The summed E-state index contributed by atoms with van der Waals surface area (Å²) in [5.74, 6) is 0.925. The van der Waals surface area contributed by atoms with E-state index in [-0.39, 0.29) is 0 Å². The lowest BCUT2D eigenvalue weighted by Gasteiger charge is -2.07. The highest BCUT2D eigenvalue weighted by Gasteiger charge is 2.00. The predicted molar refractivity (Wildman–Crippen MR) is 75.8 cm³/mol. The first-order valence-electron chi connectivity index (χ1n) is 6.30. The zero-order chi connectivity index (χ0) is 12.8. The SMILES string of the molecule is CCOc1cccc(-c2ccc(CNC)cc2)c1. The van der Waals surface area contributed by atoms with Gasteiger partial charge in [0.2, 0.25) is 0 Å². The first kappa shape index (κ1) is 12.7. The van der Waals surface area contributed by atoms with Crippen molar-refractivity contribution in [3.05, 3.63) is 54.1 Å². The summed E-state index contributed by atoms with van der Waals surface area (Å²) in [7, 11) is 1.96. The highest BCUT2D eigenvalue weighted by Crippen LogP contribution is 2.24. The van der Waals surface area contributed by atoms with Crippen molar-refractivity contribution in [3.8, 4) is 16.9 Å². The summed E-state index contributed by atoms with van der Waals surface area (Å²) in [5, 5.41) is 3.15. The molecular formula is C16H19NO. The normalized spacial score (nSPS) is 10.3. The second-order valence-electron chi connectivity index (χ2n) is 4.19. The van der Waals surface area contributed by atoms with Crippen LogP contribution in [0.25, 0.3) is 11.1 Å². The van der Waals surface area contributed by atoms with Crippen molar-refractivity contribution in [2.75, 3.05) is 13.7 Å². The smallest absolute Gasteiger partial charge is 0.119 e. The molecular weight excluding hydrogens is 222 g/mol. The molecule has 0 aromatic heterocycles. The first-order valence-corrected chi connectivity index (χ1v) is 6.30. The Morgan fingerprint density at radius 2 is 1.78 bits per heavy atom. The van der Waals surface area contributed by atoms with Gasteiger partial charge in [-0.1, -0.05) is 36.4 Å². The molecule has 0 atom stereocenters. The molecule has 0 saturated carbocycles. The highest BCUT2D eigenvalue weighted by atomic mass is 16.5. The second-order valence-corrected chi connectivity index (χ2v) is 4.19. The number of hydrogen-bond donors (Lipinski definition) is 1. The molecule has 0 radical (unpaired) electrons. The number of rotatable bonds is 5. The minimum atomic E-state index is 0.699. The average molecular weight is 241 g/mol. The van der Waals surface area contributed by atoms with Crippen LogP contribution in [0.4, 0.5) is 0 Å². The molecule has 0 saturated heterocycles. The first-order chi connectivity index (χ1) is 8.83. The van der Waals surface area contributed by atoms with Gasteiger partial charge in [0.05, 0.1) is 6.61 Å². The van der Waals surface area contributed by atoms with Crippen LogP contribution in [-0.4, -0.2) is 13.7 Å². The summed E-state index contributed by atoms with van der Waals surface area (Å²) >= 11 is 0. The molecule has 0 amide bonds. The van der Waals surface area contributed by atoms with E-state index in [0.29, 0.717) is 6.61 Å². The quantitative estimate of drug-likeness (QED) is 0.865. The summed E-state index contributed by atoms with van der Waals surface area (Å²) in [4.78, 5) is 0. The lowest BCUT2D eigenvalue weighted by molar-refractivity contribution is 0.340. The van der Waals surface area contributed by atoms with Crippen LogP contribution in [0.5, 0.6) is 5.75 Å². The van der Waals surface area contributed by atoms with Gasteiger partial charge in [-0.05, 0) is 42.8 Å². The van der Waals surface area contributed by atoms with Gasteiger partial charge in [0.15, 0.2) is 0 Å². The molecule has 0 aliphatic heterocycles. The summed E-state index contributed by atoms with van der Waals surface area (Å²) in [6, 6.07) is 16.8. The fourth-order valence-corrected chi connectivity index (χ4v) is 1.95. The van der Waals surface area contributed by atoms with E-state index in [4.69, 9.17) is 4.74 Å². The number of benzene rings is 2. The van der Waals surface area contributed by atoms with E-state index in [2.05, 4.69) is 41.7 Å². The topological polar surface area (TPSA) is 21.3 Å². The van der Waals surface area contributed by atoms with E-state index in [9.17, 15) is 0 Å². The minimum absolute atomic E-state index is 0.699. The lowest BCUT2D eigenvalue weighted by Crippen LogP contribution is -2.04. The van der Waals surface area contributed by atoms with Gasteiger partial charge in [-0.15, -0.1) is 0 Å². The van der Waals surface area contributed by atoms with E-state index in [1.54, 1.807) is 0 Å². The molecule has 2 nitrogen and oxygen atoms in total. The Morgan fingerprint density at radius 3 is 2.44 bits per heavy atom. The third-order valence-electron chi connectivity index (χ3n) is 2.81. The van der Waals surface area contributed by atoms with Crippen LogP contribution in [0.3, 0.4) is 0 Å². The largest absolute Gasteiger partial charge is 0.494 e. The van der Waals surface area contributed by atoms with Crippen LogP contribution < -0.4 is 10.1 Å². The number of ether oxygens (including phenoxy) is 1. The predicted octanol–water partition coefficient (Wildman–Crippen LogP) is 3.47. The molecule has 0 fully saturated rings. The van der Waals surface area contributed by atoms with E-state index in [1.165, 1.54) is 16.7 Å². The van der Waals surface area contributed by atoms with Gasteiger partial charge in [0.1, 0.15) is 5.75 Å². The maximum absolute atomic E-state index is 5.52. The molecule has 2 heteroatoms. The maximum atomic E-state index is 5.52. The van der Waals surface area contributed by atoms with E-state index >= 15 is 0 Å². The third-order valence-corrected chi connectivity index (χ3v) is 2.81. The Morgan fingerprint density at radius 1 is 1.00 bits per heavy atom. The fourth-order valence-electron chi connectivity index (χ4n) is 1.95. The summed E-state index contributed by atoms with van der Waals surface area (Å²) < 4.78 is 5.52. The van der Waals surface area contributed by atoms with Crippen molar-refractivity contribution < 1.29 is 4.74 Å². The van der Waals surface area contributed by atoms with Crippen LogP contribution in [0.1, 0.15) is 12.5 Å².